The third-order valence-electron chi connectivity index (χ3n) is 5.45. The van der Waals surface area contributed by atoms with Gasteiger partial charge in [-0.1, -0.05) is 38.2 Å². The van der Waals surface area contributed by atoms with Gasteiger partial charge in [-0.05, 0) is 60.4 Å². The molecule has 0 radical (unpaired) electrons. The van der Waals surface area contributed by atoms with E-state index in [0.29, 0.717) is 61.9 Å². The van der Waals surface area contributed by atoms with Gasteiger partial charge in [0.15, 0.2) is 23.0 Å². The van der Waals surface area contributed by atoms with Gasteiger partial charge in [-0.25, -0.2) is 10.9 Å². The summed E-state index contributed by atoms with van der Waals surface area (Å²) in [6.45, 7) is 8.00. The van der Waals surface area contributed by atoms with Gasteiger partial charge in [-0.3, -0.25) is 9.59 Å². The van der Waals surface area contributed by atoms with Crippen LogP contribution in [0.25, 0.3) is 0 Å². The van der Waals surface area contributed by atoms with Crippen molar-refractivity contribution < 1.29 is 28.5 Å². The Labute approximate surface area is 235 Å². The van der Waals surface area contributed by atoms with Crippen LogP contribution in [-0.2, 0) is 9.59 Å². The van der Waals surface area contributed by atoms with Gasteiger partial charge in [0.25, 0.3) is 0 Å². The molecular formula is C30H38N4O6. The largest absolute Gasteiger partial charge is 0.493 e. The number of rotatable bonds is 19. The maximum atomic E-state index is 12.0. The smallest absolute Gasteiger partial charge is 0.240 e. The van der Waals surface area contributed by atoms with E-state index < -0.39 is 0 Å². The maximum Gasteiger partial charge on any atom is 0.240 e. The first-order chi connectivity index (χ1) is 19.5. The van der Waals surface area contributed by atoms with Gasteiger partial charge in [-0.2, -0.15) is 10.2 Å². The Kier molecular flexibility index (Phi) is 14.7. The summed E-state index contributed by atoms with van der Waals surface area (Å²) in [5.74, 6) is 2.01. The monoisotopic (exact) mass is 550 g/mol. The molecule has 0 aromatic heterocycles. The molecule has 0 aliphatic carbocycles. The highest BCUT2D eigenvalue weighted by Crippen LogP contribution is 2.28. The van der Waals surface area contributed by atoms with E-state index in [1.807, 2.05) is 12.1 Å². The van der Waals surface area contributed by atoms with Crippen LogP contribution in [0.4, 0.5) is 0 Å². The van der Waals surface area contributed by atoms with Crippen molar-refractivity contribution in [2.45, 2.75) is 38.5 Å². The number of nitrogens with one attached hydrogen (secondary N) is 2. The fourth-order valence-electron chi connectivity index (χ4n) is 3.46. The Balaban J connectivity index is 1.60. The number of carbonyl (C=O) groups is 2. The van der Waals surface area contributed by atoms with Gasteiger partial charge in [0.05, 0.1) is 26.6 Å². The fraction of sp³-hybridized carbons (Fsp3) is 0.333. The Morgan fingerprint density at radius 1 is 0.700 bits per heavy atom. The number of methoxy groups -OCH3 is 2. The van der Waals surface area contributed by atoms with Crippen molar-refractivity contribution in [2.24, 2.45) is 10.2 Å². The van der Waals surface area contributed by atoms with Crippen molar-refractivity contribution in [3.05, 3.63) is 72.8 Å². The minimum absolute atomic E-state index is 0.168. The maximum absolute atomic E-state index is 12.0. The van der Waals surface area contributed by atoms with Crippen LogP contribution in [0.15, 0.2) is 71.9 Å². The first-order valence-electron chi connectivity index (χ1n) is 13.0. The zero-order valence-corrected chi connectivity index (χ0v) is 23.2. The van der Waals surface area contributed by atoms with Gasteiger partial charge >= 0.3 is 0 Å². The third-order valence-corrected chi connectivity index (χ3v) is 5.45. The SMILES string of the molecule is C=CCOc1ccc(/C=N/NC(=O)CCCCCCC(=O)N/N=C/c2ccc(OCC=C)c(OC)c2)cc1OC. The number of nitrogens with zero attached hydrogens (tertiary/aromatic N) is 2. The quantitative estimate of drug-likeness (QED) is 0.113. The van der Waals surface area contributed by atoms with E-state index >= 15 is 0 Å². The molecule has 0 bridgehead atoms. The minimum atomic E-state index is -0.168. The van der Waals surface area contributed by atoms with E-state index in [1.165, 1.54) is 0 Å². The lowest BCUT2D eigenvalue weighted by Gasteiger charge is -2.09. The molecule has 40 heavy (non-hydrogen) atoms. The minimum Gasteiger partial charge on any atom is -0.493 e. The van der Waals surface area contributed by atoms with E-state index in [9.17, 15) is 9.59 Å². The summed E-state index contributed by atoms with van der Waals surface area (Å²) in [4.78, 5) is 24.1. The molecule has 0 saturated heterocycles. The predicted octanol–water partition coefficient (Wildman–Crippen LogP) is 4.77. The lowest BCUT2D eigenvalue weighted by Crippen LogP contribution is -2.17. The molecule has 0 fully saturated rings. The number of benzene rings is 2. The number of hydrogen-bond acceptors (Lipinski definition) is 8. The molecule has 0 heterocycles. The molecule has 2 amide bonds. The van der Waals surface area contributed by atoms with Crippen LogP contribution in [0.1, 0.15) is 49.7 Å². The summed E-state index contributed by atoms with van der Waals surface area (Å²) in [7, 11) is 3.11. The molecule has 10 heteroatoms. The molecule has 214 valence electrons. The second kappa shape index (κ2) is 18.6. The zero-order valence-electron chi connectivity index (χ0n) is 23.2. The summed E-state index contributed by atoms with van der Waals surface area (Å²) in [6, 6.07) is 10.7. The highest BCUT2D eigenvalue weighted by Gasteiger charge is 2.06. The number of amides is 2. The Morgan fingerprint density at radius 3 is 1.50 bits per heavy atom. The number of ether oxygens (including phenoxy) is 4. The second-order valence-electron chi connectivity index (χ2n) is 8.52. The first-order valence-corrected chi connectivity index (χ1v) is 13.0. The summed E-state index contributed by atoms with van der Waals surface area (Å²) < 4.78 is 21.7. The van der Waals surface area contributed by atoms with E-state index in [1.54, 1.807) is 63.1 Å². The summed E-state index contributed by atoms with van der Waals surface area (Å²) in [6.07, 6.45) is 10.2. The van der Waals surface area contributed by atoms with E-state index in [-0.39, 0.29) is 11.8 Å². The molecule has 0 spiro atoms. The lowest BCUT2D eigenvalue weighted by atomic mass is 10.1. The summed E-state index contributed by atoms with van der Waals surface area (Å²) in [5.41, 5.74) is 6.58. The predicted molar refractivity (Wildman–Crippen MR) is 157 cm³/mol. The number of hydrazone groups is 2. The molecule has 0 atom stereocenters. The number of unbranched alkanes of at least 4 members (excludes halogenated alkanes) is 3. The van der Waals surface area contributed by atoms with Crippen LogP contribution in [0.3, 0.4) is 0 Å². The Bertz CT molecular complexity index is 1090. The normalized spacial score (nSPS) is 10.8. The van der Waals surface area contributed by atoms with E-state index in [4.69, 9.17) is 18.9 Å². The van der Waals surface area contributed by atoms with Crippen molar-refractivity contribution in [1.82, 2.24) is 10.9 Å². The first kappa shape index (κ1) is 31.6. The van der Waals surface area contributed by atoms with Crippen LogP contribution in [0, 0.1) is 0 Å². The van der Waals surface area contributed by atoms with Crippen LogP contribution < -0.4 is 29.8 Å². The molecule has 2 N–H and O–H groups in total. The molecule has 2 aromatic rings. The summed E-state index contributed by atoms with van der Waals surface area (Å²) in [5, 5.41) is 8.01. The lowest BCUT2D eigenvalue weighted by molar-refractivity contribution is -0.122. The molecule has 0 aliphatic heterocycles. The van der Waals surface area contributed by atoms with E-state index in [2.05, 4.69) is 34.2 Å². The topological polar surface area (TPSA) is 120 Å². The van der Waals surface area contributed by atoms with Gasteiger partial charge in [0, 0.05) is 12.8 Å². The highest BCUT2D eigenvalue weighted by atomic mass is 16.5. The third kappa shape index (κ3) is 11.8. The highest BCUT2D eigenvalue weighted by molar-refractivity contribution is 5.84. The van der Waals surface area contributed by atoms with Crippen LogP contribution in [0.5, 0.6) is 23.0 Å². The molecule has 0 aliphatic rings. The van der Waals surface area contributed by atoms with Gasteiger partial charge in [0.2, 0.25) is 11.8 Å². The number of carbonyl (C=O) groups excluding carboxylic acids is 2. The van der Waals surface area contributed by atoms with Crippen LogP contribution >= 0.6 is 0 Å². The molecule has 0 saturated carbocycles. The van der Waals surface area contributed by atoms with Crippen molar-refractivity contribution in [2.75, 3.05) is 27.4 Å². The summed E-state index contributed by atoms with van der Waals surface area (Å²) >= 11 is 0. The van der Waals surface area contributed by atoms with Gasteiger partial charge < -0.3 is 18.9 Å². The van der Waals surface area contributed by atoms with Gasteiger partial charge in [-0.15, -0.1) is 0 Å². The number of hydrogen-bond donors (Lipinski definition) is 2. The average Bonchev–Trinajstić information content (AvgIpc) is 2.97. The van der Waals surface area contributed by atoms with Crippen molar-refractivity contribution in [3.8, 4) is 23.0 Å². The van der Waals surface area contributed by atoms with Crippen LogP contribution in [-0.4, -0.2) is 51.7 Å². The molecule has 10 nitrogen and oxygen atoms in total. The zero-order chi connectivity index (χ0) is 29.0. The molecule has 0 unspecified atom stereocenters. The molecular weight excluding hydrogens is 512 g/mol. The standard InChI is InChI=1S/C30H38N4O6/c1-5-17-39-25-15-13-23(19-27(25)37-3)21-31-33-29(35)11-9-7-8-10-12-30(36)34-32-22-24-14-16-26(40-18-6-2)28(20-24)38-4/h5-6,13-16,19-22H,1-2,7-12,17-18H2,3-4H3,(H,33,35)(H,34,36)/b31-21+,32-22+. The fourth-order valence-corrected chi connectivity index (χ4v) is 3.46. The van der Waals surface area contributed by atoms with Crippen molar-refractivity contribution in [3.63, 3.8) is 0 Å². The molecule has 2 rings (SSSR count). The van der Waals surface area contributed by atoms with Crippen LogP contribution in [0.2, 0.25) is 0 Å². The molecule has 2 aromatic carbocycles. The Hall–Kier alpha value is -4.60. The van der Waals surface area contributed by atoms with Crippen molar-refractivity contribution in [1.29, 1.82) is 0 Å². The van der Waals surface area contributed by atoms with Gasteiger partial charge in [0.1, 0.15) is 13.2 Å². The Morgan fingerprint density at radius 2 is 1.12 bits per heavy atom. The average molecular weight is 551 g/mol. The second-order valence-corrected chi connectivity index (χ2v) is 8.52. The van der Waals surface area contributed by atoms with E-state index in [0.717, 1.165) is 24.0 Å². The van der Waals surface area contributed by atoms with Crippen molar-refractivity contribution >= 4 is 24.2 Å².